The maximum absolute atomic E-state index is 13.7. The maximum atomic E-state index is 13.7. The van der Waals surface area contributed by atoms with Gasteiger partial charge in [0.25, 0.3) is 5.91 Å². The van der Waals surface area contributed by atoms with Gasteiger partial charge in [-0.15, -0.1) is 11.3 Å². The summed E-state index contributed by atoms with van der Waals surface area (Å²) in [5.74, 6) is -0.193. The van der Waals surface area contributed by atoms with E-state index < -0.39 is 17.6 Å². The van der Waals surface area contributed by atoms with Crippen LogP contribution in [0.5, 0.6) is 0 Å². The van der Waals surface area contributed by atoms with Crippen LogP contribution in [0.2, 0.25) is 0 Å². The van der Waals surface area contributed by atoms with E-state index in [-0.39, 0.29) is 27.7 Å². The number of amides is 1. The number of hydrogen-bond donors (Lipinski definition) is 1. The van der Waals surface area contributed by atoms with Gasteiger partial charge in [0.05, 0.1) is 47.3 Å². The Morgan fingerprint density at radius 1 is 1.28 bits per heavy atom. The first-order valence-electron chi connectivity index (χ1n) is 10.7. The lowest BCUT2D eigenvalue weighted by molar-refractivity contribution is -0.136. The minimum Gasteiger partial charge on any atom is -0.379 e. The van der Waals surface area contributed by atoms with Crippen LogP contribution in [-0.2, 0) is 15.7 Å². The van der Waals surface area contributed by atoms with E-state index in [1.807, 2.05) is 4.90 Å². The predicted octanol–water partition coefficient (Wildman–Crippen LogP) is 2.99. The van der Waals surface area contributed by atoms with Crippen LogP contribution in [0.25, 0.3) is 10.2 Å². The van der Waals surface area contributed by atoms with Crippen LogP contribution in [0, 0.1) is 0 Å². The fourth-order valence-corrected chi connectivity index (χ4v) is 5.11. The van der Waals surface area contributed by atoms with E-state index in [0.29, 0.717) is 19.7 Å². The smallest absolute Gasteiger partial charge is 0.379 e. The molecule has 11 heteroatoms. The summed E-state index contributed by atoms with van der Waals surface area (Å²) >= 11 is 0.894. The molecule has 1 N–H and O–H groups in total. The Morgan fingerprint density at radius 2 is 2.00 bits per heavy atom. The van der Waals surface area contributed by atoms with Gasteiger partial charge in [0.2, 0.25) is 0 Å². The number of fused-ring (bicyclic) bond motifs is 1. The number of hydrogen-bond acceptors (Lipinski definition) is 7. The fourth-order valence-electron chi connectivity index (χ4n) is 4.09. The van der Waals surface area contributed by atoms with Gasteiger partial charge in [-0.25, -0.2) is 4.98 Å². The van der Waals surface area contributed by atoms with Gasteiger partial charge in [0, 0.05) is 45.2 Å². The number of nitrogens with one attached hydrogen (secondary N) is 1. The van der Waals surface area contributed by atoms with Gasteiger partial charge in [-0.3, -0.25) is 9.69 Å². The van der Waals surface area contributed by atoms with Crippen LogP contribution in [0.4, 0.5) is 19.0 Å². The average molecular weight is 473 g/mol. The molecule has 0 saturated carbocycles. The van der Waals surface area contributed by atoms with Crippen molar-refractivity contribution in [3.05, 3.63) is 22.6 Å². The molecule has 0 aromatic carbocycles. The molecule has 32 heavy (non-hydrogen) atoms. The van der Waals surface area contributed by atoms with Crippen molar-refractivity contribution in [2.45, 2.75) is 25.1 Å². The molecule has 2 aromatic rings. The molecule has 0 unspecified atom stereocenters. The number of rotatable bonds is 6. The van der Waals surface area contributed by atoms with Crippen molar-refractivity contribution in [2.75, 3.05) is 64.5 Å². The van der Waals surface area contributed by atoms with Gasteiger partial charge >= 0.3 is 6.18 Å². The van der Waals surface area contributed by atoms with Gasteiger partial charge < -0.3 is 19.7 Å². The maximum Gasteiger partial charge on any atom is 0.417 e. The number of piperidine rings is 1. The summed E-state index contributed by atoms with van der Waals surface area (Å²) in [6.07, 6.45) is -3.01. The van der Waals surface area contributed by atoms with Crippen LogP contribution in [0.15, 0.2) is 11.4 Å². The average Bonchev–Trinajstić information content (AvgIpc) is 3.22. The molecule has 1 amide bonds. The molecule has 0 aliphatic carbocycles. The zero-order valence-corrected chi connectivity index (χ0v) is 18.7. The van der Waals surface area contributed by atoms with E-state index in [4.69, 9.17) is 9.47 Å². The van der Waals surface area contributed by atoms with Gasteiger partial charge in [0.15, 0.2) is 0 Å². The van der Waals surface area contributed by atoms with Gasteiger partial charge in [-0.05, 0) is 18.9 Å². The Morgan fingerprint density at radius 3 is 2.66 bits per heavy atom. The standard InChI is InChI=1S/C21H27F3N4O3S/c1-25-20(29)15-13-32-19-16(21(22,23)24)12-17(26-18(15)19)28-4-2-14(3-5-28)31-11-8-27-6-9-30-10-7-27/h12-14H,2-11H2,1H3,(H,25,29). The minimum atomic E-state index is -4.53. The Kier molecular flexibility index (Phi) is 7.18. The van der Waals surface area contributed by atoms with Crippen molar-refractivity contribution in [3.8, 4) is 0 Å². The second kappa shape index (κ2) is 9.90. The van der Waals surface area contributed by atoms with Crippen molar-refractivity contribution in [2.24, 2.45) is 0 Å². The summed E-state index contributed by atoms with van der Waals surface area (Å²) in [5.41, 5.74) is -0.481. The molecular formula is C21H27F3N4O3S. The highest BCUT2D eigenvalue weighted by Gasteiger charge is 2.36. The van der Waals surface area contributed by atoms with Crippen molar-refractivity contribution >= 4 is 33.3 Å². The minimum absolute atomic E-state index is 0.0128. The lowest BCUT2D eigenvalue weighted by atomic mass is 10.1. The van der Waals surface area contributed by atoms with E-state index >= 15 is 0 Å². The van der Waals surface area contributed by atoms with E-state index in [9.17, 15) is 18.0 Å². The molecule has 2 fully saturated rings. The summed E-state index contributed by atoms with van der Waals surface area (Å²) < 4.78 is 52.6. The number of thiophene rings is 1. The van der Waals surface area contributed by atoms with Gasteiger partial charge in [0.1, 0.15) is 5.82 Å². The van der Waals surface area contributed by atoms with E-state index in [1.54, 1.807) is 0 Å². The number of alkyl halides is 3. The normalized spacial score (nSPS) is 18.9. The highest BCUT2D eigenvalue weighted by Crippen LogP contribution is 2.40. The topological polar surface area (TPSA) is 66.9 Å². The highest BCUT2D eigenvalue weighted by molar-refractivity contribution is 7.17. The molecule has 2 aliphatic rings. The number of morpholine rings is 1. The molecule has 4 rings (SSSR count). The van der Waals surface area contributed by atoms with Crippen LogP contribution in [0.3, 0.4) is 0 Å². The summed E-state index contributed by atoms with van der Waals surface area (Å²) in [7, 11) is 1.45. The Bertz CT molecular complexity index is 938. The fraction of sp³-hybridized carbons (Fsp3) is 0.619. The van der Waals surface area contributed by atoms with E-state index in [0.717, 1.165) is 63.1 Å². The molecule has 0 spiro atoms. The zero-order chi connectivity index (χ0) is 22.7. The number of anilines is 1. The molecule has 176 valence electrons. The molecule has 0 bridgehead atoms. The number of ether oxygens (including phenoxy) is 2. The molecule has 2 saturated heterocycles. The summed E-state index contributed by atoms with van der Waals surface area (Å²) in [5, 5.41) is 3.91. The van der Waals surface area contributed by atoms with Crippen LogP contribution >= 0.6 is 11.3 Å². The molecule has 4 heterocycles. The Hall–Kier alpha value is -1.95. The molecule has 0 atom stereocenters. The number of carbonyl (C=O) groups excluding carboxylic acids is 1. The Balaban J connectivity index is 1.44. The van der Waals surface area contributed by atoms with Crippen LogP contribution < -0.4 is 10.2 Å². The second-order valence-electron chi connectivity index (χ2n) is 7.94. The van der Waals surface area contributed by atoms with Gasteiger partial charge in [-0.2, -0.15) is 13.2 Å². The van der Waals surface area contributed by atoms with Crippen LogP contribution in [0.1, 0.15) is 28.8 Å². The van der Waals surface area contributed by atoms with E-state index in [1.165, 1.54) is 12.4 Å². The summed E-state index contributed by atoms with van der Waals surface area (Å²) in [6, 6.07) is 1.10. The highest BCUT2D eigenvalue weighted by atomic mass is 32.1. The van der Waals surface area contributed by atoms with Crippen molar-refractivity contribution < 1.29 is 27.4 Å². The number of pyridine rings is 1. The van der Waals surface area contributed by atoms with Crippen molar-refractivity contribution in [3.63, 3.8) is 0 Å². The number of halogens is 3. The zero-order valence-electron chi connectivity index (χ0n) is 17.9. The first kappa shape index (κ1) is 23.2. The molecule has 2 aliphatic heterocycles. The van der Waals surface area contributed by atoms with Gasteiger partial charge in [-0.1, -0.05) is 0 Å². The number of nitrogens with zero attached hydrogens (tertiary/aromatic N) is 3. The van der Waals surface area contributed by atoms with Crippen molar-refractivity contribution in [1.82, 2.24) is 15.2 Å². The third-order valence-electron chi connectivity index (χ3n) is 5.92. The monoisotopic (exact) mass is 472 g/mol. The molecule has 7 nitrogen and oxygen atoms in total. The quantitative estimate of drug-likeness (QED) is 0.698. The van der Waals surface area contributed by atoms with E-state index in [2.05, 4.69) is 15.2 Å². The summed E-state index contributed by atoms with van der Waals surface area (Å²) in [4.78, 5) is 20.8. The first-order valence-corrected chi connectivity index (χ1v) is 11.6. The lowest BCUT2D eigenvalue weighted by Gasteiger charge is -2.34. The molecular weight excluding hydrogens is 445 g/mol. The second-order valence-corrected chi connectivity index (χ2v) is 8.82. The Labute approximate surface area is 188 Å². The third-order valence-corrected chi connectivity index (χ3v) is 6.92. The largest absolute Gasteiger partial charge is 0.417 e. The lowest BCUT2D eigenvalue weighted by Crippen LogP contribution is -2.41. The number of aromatic nitrogens is 1. The molecule has 0 radical (unpaired) electrons. The summed E-state index contributed by atoms with van der Waals surface area (Å²) in [6.45, 7) is 5.93. The third kappa shape index (κ3) is 5.16. The SMILES string of the molecule is CNC(=O)c1csc2c(C(F)(F)F)cc(N3CCC(OCCN4CCOCC4)CC3)nc12. The predicted molar refractivity (Wildman–Crippen MR) is 116 cm³/mol. The molecule has 2 aromatic heterocycles. The van der Waals surface area contributed by atoms with Crippen molar-refractivity contribution in [1.29, 1.82) is 0 Å². The number of carbonyl (C=O) groups is 1. The van der Waals surface area contributed by atoms with Crippen LogP contribution in [-0.4, -0.2) is 81.5 Å². The first-order chi connectivity index (χ1) is 15.4.